The van der Waals surface area contributed by atoms with Gasteiger partial charge in [-0.1, -0.05) is 76.9 Å². The minimum atomic E-state index is -1.68. The largest absolute Gasteiger partial charge is 0.511 e. The molecule has 3 aromatic carbocycles. The van der Waals surface area contributed by atoms with Gasteiger partial charge in [-0.25, -0.2) is 18.8 Å². The predicted octanol–water partition coefficient (Wildman–Crippen LogP) is 6.92. The quantitative estimate of drug-likeness (QED) is 0.0591. The molecule has 0 aliphatic carbocycles. The van der Waals surface area contributed by atoms with Crippen LogP contribution in [0.3, 0.4) is 0 Å². The van der Waals surface area contributed by atoms with Crippen LogP contribution in [0.4, 0.5) is 14.0 Å². The maximum Gasteiger partial charge on any atom is 0.511 e. The Morgan fingerprint density at radius 2 is 1.55 bits per heavy atom. The number of ether oxygens (including phenoxy) is 5. The van der Waals surface area contributed by atoms with Crippen LogP contribution >= 0.6 is 23.2 Å². The number of rotatable bonds is 14. The van der Waals surface area contributed by atoms with E-state index in [1.54, 1.807) is 26.0 Å². The van der Waals surface area contributed by atoms with Gasteiger partial charge in [0.15, 0.2) is 12.2 Å². The van der Waals surface area contributed by atoms with Crippen molar-refractivity contribution in [2.24, 2.45) is 0 Å². The molecule has 0 spiro atoms. The van der Waals surface area contributed by atoms with Gasteiger partial charge in [0.05, 0.1) is 13.2 Å². The first-order chi connectivity index (χ1) is 24.5. The molecule has 13 nitrogen and oxygen atoms in total. The third kappa shape index (κ3) is 13.6. The van der Waals surface area contributed by atoms with Crippen LogP contribution in [-0.2, 0) is 34.9 Å². The zero-order valence-corrected chi connectivity index (χ0v) is 29.0. The molecule has 1 amide bonds. The van der Waals surface area contributed by atoms with Crippen LogP contribution in [0.5, 0.6) is 0 Å². The number of aliphatic hydroxyl groups excluding tert-OH is 1. The first-order valence-electron chi connectivity index (χ1n) is 15.4. The highest BCUT2D eigenvalue weighted by atomic mass is 35.5. The maximum absolute atomic E-state index is 14.2. The van der Waals surface area contributed by atoms with E-state index in [4.69, 9.17) is 32.5 Å². The van der Waals surface area contributed by atoms with Crippen LogP contribution < -0.4 is 5.32 Å². The zero-order chi connectivity index (χ0) is 37.2. The van der Waals surface area contributed by atoms with Gasteiger partial charge in [-0.05, 0) is 61.2 Å². The van der Waals surface area contributed by atoms with E-state index in [2.05, 4.69) is 29.4 Å². The molecular formula is C35H35Cl2FN2O11. The first-order valence-corrected chi connectivity index (χ1v) is 16.3. The monoisotopic (exact) mass is 748 g/mol. The van der Waals surface area contributed by atoms with Crippen molar-refractivity contribution in [3.8, 4) is 22.4 Å². The van der Waals surface area contributed by atoms with Crippen molar-refractivity contribution in [2.45, 2.75) is 38.8 Å². The molecule has 0 fully saturated rings. The van der Waals surface area contributed by atoms with Crippen molar-refractivity contribution in [1.29, 1.82) is 0 Å². The number of aliphatic hydroxyl groups is 1. The van der Waals surface area contributed by atoms with Crippen LogP contribution in [0.2, 0.25) is 5.02 Å². The fourth-order valence-corrected chi connectivity index (χ4v) is 4.65. The number of benzene rings is 3. The van der Waals surface area contributed by atoms with E-state index >= 15 is 0 Å². The lowest BCUT2D eigenvalue weighted by molar-refractivity contribution is -0.163. The summed E-state index contributed by atoms with van der Waals surface area (Å²) in [7, 11) is 0. The number of halogens is 3. The molecule has 0 saturated carbocycles. The van der Waals surface area contributed by atoms with Crippen LogP contribution in [0.25, 0.3) is 22.4 Å². The molecule has 4 rings (SSSR count). The summed E-state index contributed by atoms with van der Waals surface area (Å²) in [6, 6.07) is 21.1. The van der Waals surface area contributed by atoms with E-state index in [0.717, 1.165) is 16.7 Å². The van der Waals surface area contributed by atoms with Gasteiger partial charge in [-0.15, -0.1) is 0 Å². The van der Waals surface area contributed by atoms with Gasteiger partial charge >= 0.3 is 18.3 Å². The molecule has 0 bridgehead atoms. The predicted molar refractivity (Wildman–Crippen MR) is 182 cm³/mol. The van der Waals surface area contributed by atoms with Gasteiger partial charge in [0, 0.05) is 29.1 Å². The Bertz CT molecular complexity index is 1730. The molecule has 2 N–H and O–H groups in total. The van der Waals surface area contributed by atoms with Crippen molar-refractivity contribution < 1.29 is 56.9 Å². The highest BCUT2D eigenvalue weighted by Crippen LogP contribution is 2.25. The number of esters is 1. The highest BCUT2D eigenvalue weighted by Gasteiger charge is 2.26. The lowest BCUT2D eigenvalue weighted by Gasteiger charge is -2.21. The second-order valence-electron chi connectivity index (χ2n) is 10.2. The second kappa shape index (κ2) is 21.1. The van der Waals surface area contributed by atoms with Gasteiger partial charge in [0.1, 0.15) is 11.5 Å². The zero-order valence-electron chi connectivity index (χ0n) is 27.5. The Hall–Kier alpha value is -5.18. The molecule has 2 atom stereocenters. The standard InChI is InChI=1S/C31H28ClFN2O8.C4H7ClO3/c1-2-40-31(39)42-18-41-30(38)27(36)16-23(14-19-10-12-20(13-11-19)21-6-5-7-22(32)15-21)34-29(37)28-17-26(35-43-28)24-8-3-4-9-25(24)33;1-2-7-4(6)8-3-5/h3-13,15,17,23,27,36H,2,14,16,18H2,1H3,(H,34,37);2-3H2,1H3/t23-,27-;/m1./s1. The number of aromatic nitrogens is 1. The summed E-state index contributed by atoms with van der Waals surface area (Å²) in [6.07, 6.45) is -3.47. The number of carbonyl (C=O) groups excluding carboxylic acids is 4. The first kappa shape index (κ1) is 40.3. The van der Waals surface area contributed by atoms with Gasteiger partial charge in [0.2, 0.25) is 12.6 Å². The van der Waals surface area contributed by atoms with E-state index in [9.17, 15) is 28.7 Å². The van der Waals surface area contributed by atoms with E-state index in [1.807, 2.05) is 42.5 Å². The third-order valence-corrected chi connectivity index (χ3v) is 7.01. The summed E-state index contributed by atoms with van der Waals surface area (Å²) in [4.78, 5) is 46.8. The summed E-state index contributed by atoms with van der Waals surface area (Å²) >= 11 is 11.1. The Balaban J connectivity index is 0.000000783. The molecule has 0 radical (unpaired) electrons. The molecule has 4 aromatic rings. The van der Waals surface area contributed by atoms with E-state index in [0.29, 0.717) is 11.6 Å². The SMILES string of the molecule is CCOC(=O)OCCl.CCOC(=O)OCOC(=O)[C@H](O)C[C@@H](Cc1ccc(-c2cccc(Cl)c2)cc1)NC(=O)c1cc(-c2ccccc2F)no1. The van der Waals surface area contributed by atoms with Crippen LogP contribution in [0, 0.1) is 5.82 Å². The Morgan fingerprint density at radius 1 is 0.863 bits per heavy atom. The molecule has 0 aliphatic heterocycles. The van der Waals surface area contributed by atoms with E-state index < -0.39 is 48.9 Å². The molecule has 1 heterocycles. The van der Waals surface area contributed by atoms with Crippen molar-refractivity contribution in [1.82, 2.24) is 10.5 Å². The molecule has 0 unspecified atom stereocenters. The Kier molecular flexibility index (Phi) is 16.7. The number of hydrogen-bond acceptors (Lipinski definition) is 12. The van der Waals surface area contributed by atoms with Gasteiger partial charge < -0.3 is 38.6 Å². The maximum atomic E-state index is 14.2. The Labute approximate surface area is 302 Å². The summed E-state index contributed by atoms with van der Waals surface area (Å²) < 4.78 is 41.8. The lowest BCUT2D eigenvalue weighted by atomic mass is 9.97. The van der Waals surface area contributed by atoms with Crippen molar-refractivity contribution in [2.75, 3.05) is 26.1 Å². The fourth-order valence-electron chi connectivity index (χ4n) is 4.37. The number of amides is 1. The Morgan fingerprint density at radius 3 is 2.20 bits per heavy atom. The van der Waals surface area contributed by atoms with Gasteiger partial charge in [-0.3, -0.25) is 4.79 Å². The molecule has 0 saturated heterocycles. The summed E-state index contributed by atoms with van der Waals surface area (Å²) in [5, 5.41) is 17.7. The minimum absolute atomic E-state index is 0.0732. The summed E-state index contributed by atoms with van der Waals surface area (Å²) in [5.74, 6) is -2.49. The molecule has 16 heteroatoms. The normalized spacial score (nSPS) is 11.6. The fraction of sp³-hybridized carbons (Fsp3) is 0.286. The molecular weight excluding hydrogens is 714 g/mol. The summed E-state index contributed by atoms with van der Waals surface area (Å²) in [6.45, 7) is 2.90. The number of hydrogen-bond donors (Lipinski definition) is 2. The number of carbonyl (C=O) groups is 4. The smallest absolute Gasteiger partial charge is 0.435 e. The van der Waals surface area contributed by atoms with Gasteiger partial charge in [0.25, 0.3) is 5.91 Å². The highest BCUT2D eigenvalue weighted by molar-refractivity contribution is 6.30. The minimum Gasteiger partial charge on any atom is -0.435 e. The van der Waals surface area contributed by atoms with Crippen LogP contribution in [-0.4, -0.2) is 72.7 Å². The van der Waals surface area contributed by atoms with E-state index in [-0.39, 0.29) is 42.5 Å². The average molecular weight is 750 g/mol. The second-order valence-corrected chi connectivity index (χ2v) is 10.9. The number of alkyl halides is 1. The van der Waals surface area contributed by atoms with Crippen molar-refractivity contribution in [3.05, 3.63) is 101 Å². The summed E-state index contributed by atoms with van der Waals surface area (Å²) in [5.41, 5.74) is 2.90. The average Bonchev–Trinajstić information content (AvgIpc) is 3.60. The molecule has 0 aliphatic rings. The molecule has 51 heavy (non-hydrogen) atoms. The van der Waals surface area contributed by atoms with Gasteiger partial charge in [-0.2, -0.15) is 0 Å². The topological polar surface area (TPSA) is 173 Å². The van der Waals surface area contributed by atoms with Crippen LogP contribution in [0.15, 0.2) is 83.4 Å². The van der Waals surface area contributed by atoms with Crippen molar-refractivity contribution in [3.63, 3.8) is 0 Å². The number of nitrogens with zero attached hydrogens (tertiary/aromatic N) is 1. The number of nitrogens with one attached hydrogen (secondary N) is 1. The van der Waals surface area contributed by atoms with Crippen LogP contribution in [0.1, 0.15) is 36.4 Å². The third-order valence-electron chi connectivity index (χ3n) is 6.67. The lowest BCUT2D eigenvalue weighted by Crippen LogP contribution is -2.41. The molecule has 272 valence electrons. The molecule has 1 aromatic heterocycles. The van der Waals surface area contributed by atoms with E-state index in [1.165, 1.54) is 24.3 Å². The van der Waals surface area contributed by atoms with Crippen molar-refractivity contribution >= 4 is 47.4 Å².